The van der Waals surface area contributed by atoms with Gasteiger partial charge in [0.05, 0.1) is 12.2 Å². The van der Waals surface area contributed by atoms with Crippen molar-refractivity contribution in [3.63, 3.8) is 0 Å². The molecular formula is C18H20F3NO. The SMILES string of the molecule is CN(C)C(CCOc1ccc(C(F)(F)F)cc1)c1ccccc1. The Morgan fingerprint density at radius 2 is 1.57 bits per heavy atom. The van der Waals surface area contributed by atoms with Gasteiger partial charge in [-0.05, 0) is 43.9 Å². The van der Waals surface area contributed by atoms with Crippen LogP contribution in [0.3, 0.4) is 0 Å². The Morgan fingerprint density at radius 1 is 0.957 bits per heavy atom. The molecule has 0 saturated heterocycles. The summed E-state index contributed by atoms with van der Waals surface area (Å²) in [6.45, 7) is 0.434. The van der Waals surface area contributed by atoms with Crippen molar-refractivity contribution in [2.75, 3.05) is 20.7 Å². The molecule has 5 heteroatoms. The van der Waals surface area contributed by atoms with Crippen molar-refractivity contribution in [3.8, 4) is 5.75 Å². The standard InChI is InChI=1S/C18H20F3NO/c1-22(2)17(14-6-4-3-5-7-14)12-13-23-16-10-8-15(9-11-16)18(19,20)21/h3-11,17H,12-13H2,1-2H3. The predicted molar refractivity (Wildman–Crippen MR) is 84.4 cm³/mol. The number of ether oxygens (including phenoxy) is 1. The largest absolute Gasteiger partial charge is 0.494 e. The topological polar surface area (TPSA) is 12.5 Å². The van der Waals surface area contributed by atoms with Gasteiger partial charge >= 0.3 is 6.18 Å². The average molecular weight is 323 g/mol. The summed E-state index contributed by atoms with van der Waals surface area (Å²) in [5.41, 5.74) is 0.522. The fraction of sp³-hybridized carbons (Fsp3) is 0.333. The lowest BCUT2D eigenvalue weighted by atomic mass is 10.0. The summed E-state index contributed by atoms with van der Waals surface area (Å²) in [6.07, 6.45) is -3.57. The van der Waals surface area contributed by atoms with E-state index in [0.717, 1.165) is 18.6 Å². The molecule has 1 unspecified atom stereocenters. The van der Waals surface area contributed by atoms with Gasteiger partial charge in [-0.2, -0.15) is 13.2 Å². The van der Waals surface area contributed by atoms with Gasteiger partial charge in [-0.1, -0.05) is 30.3 Å². The Morgan fingerprint density at radius 3 is 2.09 bits per heavy atom. The van der Waals surface area contributed by atoms with Gasteiger partial charge < -0.3 is 9.64 Å². The molecule has 0 fully saturated rings. The molecule has 0 radical (unpaired) electrons. The first-order valence-corrected chi connectivity index (χ1v) is 7.39. The van der Waals surface area contributed by atoms with Crippen molar-refractivity contribution in [3.05, 3.63) is 65.7 Å². The van der Waals surface area contributed by atoms with Crippen molar-refractivity contribution in [2.24, 2.45) is 0 Å². The van der Waals surface area contributed by atoms with Crippen molar-refractivity contribution < 1.29 is 17.9 Å². The Kier molecular flexibility index (Phi) is 5.66. The van der Waals surface area contributed by atoms with Crippen molar-refractivity contribution >= 4 is 0 Å². The molecule has 2 nitrogen and oxygen atoms in total. The Hall–Kier alpha value is -2.01. The molecule has 0 heterocycles. The molecule has 0 aromatic heterocycles. The molecule has 0 N–H and O–H groups in total. The van der Waals surface area contributed by atoms with E-state index in [4.69, 9.17) is 4.74 Å². The first-order chi connectivity index (χ1) is 10.9. The van der Waals surface area contributed by atoms with Gasteiger partial charge in [0.25, 0.3) is 0 Å². The van der Waals surface area contributed by atoms with E-state index in [1.54, 1.807) is 0 Å². The van der Waals surface area contributed by atoms with Crippen LogP contribution in [0.4, 0.5) is 13.2 Å². The highest BCUT2D eigenvalue weighted by molar-refractivity contribution is 5.28. The summed E-state index contributed by atoms with van der Waals surface area (Å²) in [6, 6.07) is 15.1. The highest BCUT2D eigenvalue weighted by Gasteiger charge is 2.30. The summed E-state index contributed by atoms with van der Waals surface area (Å²) < 4.78 is 43.1. The average Bonchev–Trinajstić information content (AvgIpc) is 2.51. The maximum absolute atomic E-state index is 12.5. The van der Waals surface area contributed by atoms with Crippen molar-refractivity contribution in [2.45, 2.75) is 18.6 Å². The molecule has 2 aromatic carbocycles. The molecular weight excluding hydrogens is 303 g/mol. The van der Waals surface area contributed by atoms with E-state index in [9.17, 15) is 13.2 Å². The van der Waals surface area contributed by atoms with Gasteiger partial charge in [0.15, 0.2) is 0 Å². The number of nitrogens with zero attached hydrogens (tertiary/aromatic N) is 1. The molecule has 0 saturated carbocycles. The molecule has 23 heavy (non-hydrogen) atoms. The van der Waals surface area contributed by atoms with Gasteiger partial charge in [-0.3, -0.25) is 0 Å². The lowest BCUT2D eigenvalue weighted by molar-refractivity contribution is -0.137. The van der Waals surface area contributed by atoms with Crippen LogP contribution in [-0.4, -0.2) is 25.6 Å². The maximum atomic E-state index is 12.5. The third-order valence-electron chi connectivity index (χ3n) is 3.65. The molecule has 0 amide bonds. The van der Waals surface area contributed by atoms with Crippen LogP contribution in [0.5, 0.6) is 5.75 Å². The second kappa shape index (κ2) is 7.51. The van der Waals surface area contributed by atoms with Crippen LogP contribution in [0.2, 0.25) is 0 Å². The van der Waals surface area contributed by atoms with E-state index in [-0.39, 0.29) is 6.04 Å². The van der Waals surface area contributed by atoms with Gasteiger partial charge in [0, 0.05) is 12.5 Å². The minimum atomic E-state index is -4.32. The molecule has 0 aliphatic carbocycles. The molecule has 0 spiro atoms. The van der Waals surface area contributed by atoms with Crippen LogP contribution in [-0.2, 0) is 6.18 Å². The molecule has 1 atom stereocenters. The van der Waals surface area contributed by atoms with E-state index in [0.29, 0.717) is 12.4 Å². The van der Waals surface area contributed by atoms with Crippen molar-refractivity contribution in [1.82, 2.24) is 4.90 Å². The number of alkyl halides is 3. The molecule has 0 aliphatic heterocycles. The van der Waals surface area contributed by atoms with Crippen LogP contribution in [0.1, 0.15) is 23.6 Å². The number of halogens is 3. The Bertz CT molecular complexity index is 594. The predicted octanol–water partition coefficient (Wildman–Crippen LogP) is 4.78. The number of rotatable bonds is 6. The van der Waals surface area contributed by atoms with E-state index < -0.39 is 11.7 Å². The van der Waals surface area contributed by atoms with Gasteiger partial charge in [-0.15, -0.1) is 0 Å². The maximum Gasteiger partial charge on any atom is 0.416 e. The number of hydrogen-bond acceptors (Lipinski definition) is 2. The zero-order valence-electron chi connectivity index (χ0n) is 13.2. The highest BCUT2D eigenvalue weighted by Crippen LogP contribution is 2.30. The second-order valence-electron chi connectivity index (χ2n) is 5.55. The van der Waals surface area contributed by atoms with E-state index in [2.05, 4.69) is 17.0 Å². The van der Waals surface area contributed by atoms with Crippen LogP contribution in [0, 0.1) is 0 Å². The van der Waals surface area contributed by atoms with Crippen molar-refractivity contribution in [1.29, 1.82) is 0 Å². The van der Waals surface area contributed by atoms with Crippen LogP contribution in [0.25, 0.3) is 0 Å². The monoisotopic (exact) mass is 323 g/mol. The minimum absolute atomic E-state index is 0.200. The zero-order valence-corrected chi connectivity index (χ0v) is 13.2. The Balaban J connectivity index is 1.93. The second-order valence-corrected chi connectivity index (χ2v) is 5.55. The molecule has 2 rings (SSSR count). The zero-order chi connectivity index (χ0) is 16.9. The van der Waals surface area contributed by atoms with Gasteiger partial charge in [0.2, 0.25) is 0 Å². The molecule has 124 valence electrons. The van der Waals surface area contributed by atoms with E-state index >= 15 is 0 Å². The summed E-state index contributed by atoms with van der Waals surface area (Å²) >= 11 is 0. The minimum Gasteiger partial charge on any atom is -0.494 e. The van der Waals surface area contributed by atoms with Gasteiger partial charge in [0.1, 0.15) is 5.75 Å². The van der Waals surface area contributed by atoms with Gasteiger partial charge in [-0.25, -0.2) is 0 Å². The molecule has 0 bridgehead atoms. The molecule has 2 aromatic rings. The van der Waals surface area contributed by atoms with Crippen LogP contribution >= 0.6 is 0 Å². The quantitative estimate of drug-likeness (QED) is 0.759. The fourth-order valence-corrected chi connectivity index (χ4v) is 2.43. The lowest BCUT2D eigenvalue weighted by Gasteiger charge is -2.24. The first kappa shape index (κ1) is 17.3. The highest BCUT2D eigenvalue weighted by atomic mass is 19.4. The smallest absolute Gasteiger partial charge is 0.416 e. The third-order valence-corrected chi connectivity index (χ3v) is 3.65. The van der Waals surface area contributed by atoms with E-state index in [1.807, 2.05) is 32.3 Å². The lowest BCUT2D eigenvalue weighted by Crippen LogP contribution is -2.22. The Labute approximate surface area is 134 Å². The third kappa shape index (κ3) is 4.99. The first-order valence-electron chi connectivity index (χ1n) is 7.39. The van der Waals surface area contributed by atoms with Crippen LogP contribution in [0.15, 0.2) is 54.6 Å². The summed E-state index contributed by atoms with van der Waals surface area (Å²) in [4.78, 5) is 2.10. The van der Waals surface area contributed by atoms with Crippen LogP contribution < -0.4 is 4.74 Å². The number of benzene rings is 2. The normalized spacial score (nSPS) is 13.1. The number of hydrogen-bond donors (Lipinski definition) is 0. The summed E-state index contributed by atoms with van der Waals surface area (Å²) in [7, 11) is 3.99. The fourth-order valence-electron chi connectivity index (χ4n) is 2.43. The summed E-state index contributed by atoms with van der Waals surface area (Å²) in [5.74, 6) is 0.448. The summed E-state index contributed by atoms with van der Waals surface area (Å²) in [5, 5.41) is 0. The van der Waals surface area contributed by atoms with E-state index in [1.165, 1.54) is 17.7 Å². The molecule has 0 aliphatic rings.